The van der Waals surface area contributed by atoms with Crippen LogP contribution in [0.3, 0.4) is 0 Å². The van der Waals surface area contributed by atoms with Crippen LogP contribution in [-0.2, 0) is 11.2 Å². The summed E-state index contributed by atoms with van der Waals surface area (Å²) in [5.74, 6) is 0.394. The Morgan fingerprint density at radius 2 is 1.55 bits per heavy atom. The maximum absolute atomic E-state index is 12.8. The zero-order valence-corrected chi connectivity index (χ0v) is 17.4. The summed E-state index contributed by atoms with van der Waals surface area (Å²) in [6.45, 7) is 0.569. The van der Waals surface area contributed by atoms with E-state index in [1.807, 2.05) is 91.0 Å². The fourth-order valence-corrected chi connectivity index (χ4v) is 3.30. The lowest BCUT2D eigenvalue weighted by atomic mass is 9.98. The number of amides is 1. The molecule has 1 amide bonds. The number of hydrogen-bond acceptors (Lipinski definition) is 4. The van der Waals surface area contributed by atoms with Gasteiger partial charge in [-0.15, -0.1) is 0 Å². The molecule has 3 rings (SSSR count). The maximum atomic E-state index is 12.8. The molecule has 0 aliphatic rings. The lowest BCUT2D eigenvalue weighted by Gasteiger charge is -2.19. The van der Waals surface area contributed by atoms with Gasteiger partial charge in [0, 0.05) is 12.7 Å². The van der Waals surface area contributed by atoms with E-state index in [0.717, 1.165) is 22.4 Å². The number of carbonyl (C=O) groups is 1. The third kappa shape index (κ3) is 5.97. The number of carbonyl (C=O) groups excluding carboxylic acids is 1. The number of methoxy groups -OCH3 is 1. The van der Waals surface area contributed by atoms with E-state index in [-0.39, 0.29) is 11.6 Å². The van der Waals surface area contributed by atoms with E-state index in [2.05, 4.69) is 10.6 Å². The van der Waals surface area contributed by atoms with Crippen molar-refractivity contribution in [2.75, 3.05) is 13.7 Å². The van der Waals surface area contributed by atoms with Crippen LogP contribution in [0, 0.1) is 11.3 Å². The van der Waals surface area contributed by atoms with Crippen LogP contribution in [0.2, 0.25) is 0 Å². The first-order valence-corrected chi connectivity index (χ1v) is 10.1. The summed E-state index contributed by atoms with van der Waals surface area (Å²) >= 11 is 0. The van der Waals surface area contributed by atoms with Crippen molar-refractivity contribution in [3.05, 3.63) is 113 Å². The highest BCUT2D eigenvalue weighted by atomic mass is 16.5. The summed E-state index contributed by atoms with van der Waals surface area (Å²) in [7, 11) is 1.64. The average molecular weight is 412 g/mol. The second kappa shape index (κ2) is 11.2. The molecule has 3 aromatic carbocycles. The van der Waals surface area contributed by atoms with Crippen LogP contribution in [0.5, 0.6) is 5.75 Å². The molecule has 0 bridgehead atoms. The van der Waals surface area contributed by atoms with Crippen molar-refractivity contribution in [1.29, 1.82) is 5.26 Å². The van der Waals surface area contributed by atoms with Gasteiger partial charge in [-0.1, -0.05) is 78.9 Å². The Labute approximate surface area is 183 Å². The molecule has 0 heterocycles. The summed E-state index contributed by atoms with van der Waals surface area (Å²) in [4.78, 5) is 12.8. The summed E-state index contributed by atoms with van der Waals surface area (Å²) in [6.07, 6.45) is 2.18. The lowest BCUT2D eigenvalue weighted by molar-refractivity contribution is -0.117. The van der Waals surface area contributed by atoms with E-state index in [1.54, 1.807) is 7.11 Å². The quantitative estimate of drug-likeness (QED) is 0.315. The highest BCUT2D eigenvalue weighted by Gasteiger charge is 2.19. The number of nitrogens with zero attached hydrogens (tertiary/aromatic N) is 1. The highest BCUT2D eigenvalue weighted by Crippen LogP contribution is 2.22. The molecule has 0 spiro atoms. The van der Waals surface area contributed by atoms with Gasteiger partial charge in [0.1, 0.15) is 17.4 Å². The molecular formula is C26H25N3O2. The minimum Gasteiger partial charge on any atom is -0.496 e. The van der Waals surface area contributed by atoms with Gasteiger partial charge in [0.25, 0.3) is 5.91 Å². The maximum Gasteiger partial charge on any atom is 0.264 e. The molecule has 0 aliphatic carbocycles. The van der Waals surface area contributed by atoms with Crippen molar-refractivity contribution in [2.24, 2.45) is 0 Å². The molecule has 3 aromatic rings. The molecular weight excluding hydrogens is 386 g/mol. The smallest absolute Gasteiger partial charge is 0.264 e. The lowest BCUT2D eigenvalue weighted by Crippen LogP contribution is -2.31. The number of para-hydroxylation sites is 1. The molecule has 0 saturated carbocycles. The number of benzene rings is 3. The standard InChI is InChI=1S/C26H25N3O2/c1-31-24-15-9-8-10-20(24)16-17-28-19-23(18-27)26(30)29-25(21-11-4-2-5-12-21)22-13-6-3-7-14-22/h2-15,19,25,28H,16-17H2,1H3,(H,29,30)/b23-19-. The predicted octanol–water partition coefficient (Wildman–Crippen LogP) is 4.14. The summed E-state index contributed by atoms with van der Waals surface area (Å²) in [6, 6.07) is 28.8. The van der Waals surface area contributed by atoms with Gasteiger partial charge >= 0.3 is 0 Å². The Bertz CT molecular complexity index is 1020. The van der Waals surface area contributed by atoms with Crippen molar-refractivity contribution in [1.82, 2.24) is 10.6 Å². The summed E-state index contributed by atoms with van der Waals surface area (Å²) < 4.78 is 5.35. The van der Waals surface area contributed by atoms with Crippen molar-refractivity contribution in [3.8, 4) is 11.8 Å². The largest absolute Gasteiger partial charge is 0.496 e. The van der Waals surface area contributed by atoms with E-state index in [0.29, 0.717) is 13.0 Å². The Morgan fingerprint density at radius 1 is 0.968 bits per heavy atom. The minimum absolute atomic E-state index is 0.0249. The Kier molecular flexibility index (Phi) is 7.84. The normalized spacial score (nSPS) is 10.9. The second-order valence-corrected chi connectivity index (χ2v) is 6.91. The summed E-state index contributed by atoms with van der Waals surface area (Å²) in [5, 5.41) is 15.6. The van der Waals surface area contributed by atoms with Crippen LogP contribution in [0.15, 0.2) is 96.7 Å². The fraction of sp³-hybridized carbons (Fsp3) is 0.154. The van der Waals surface area contributed by atoms with Gasteiger partial charge in [0.2, 0.25) is 0 Å². The molecule has 0 aliphatic heterocycles. The average Bonchev–Trinajstić information content (AvgIpc) is 2.83. The SMILES string of the molecule is COc1ccccc1CCN/C=C(/C#N)C(=O)NC(c1ccccc1)c1ccccc1. The zero-order valence-electron chi connectivity index (χ0n) is 17.4. The van der Waals surface area contributed by atoms with Gasteiger partial charge in [-0.2, -0.15) is 5.26 Å². The Balaban J connectivity index is 1.68. The van der Waals surface area contributed by atoms with Gasteiger partial charge in [-0.3, -0.25) is 4.79 Å². The molecule has 5 nitrogen and oxygen atoms in total. The molecule has 0 radical (unpaired) electrons. The molecule has 156 valence electrons. The van der Waals surface area contributed by atoms with E-state index in [9.17, 15) is 10.1 Å². The molecule has 0 aromatic heterocycles. The van der Waals surface area contributed by atoms with Crippen molar-refractivity contribution in [3.63, 3.8) is 0 Å². The highest BCUT2D eigenvalue weighted by molar-refractivity contribution is 5.97. The predicted molar refractivity (Wildman–Crippen MR) is 121 cm³/mol. The molecule has 0 saturated heterocycles. The number of nitrogens with one attached hydrogen (secondary N) is 2. The molecule has 2 N–H and O–H groups in total. The molecule has 31 heavy (non-hydrogen) atoms. The second-order valence-electron chi connectivity index (χ2n) is 6.91. The Morgan fingerprint density at radius 3 is 2.13 bits per heavy atom. The van der Waals surface area contributed by atoms with Crippen LogP contribution in [-0.4, -0.2) is 19.6 Å². The minimum atomic E-state index is -0.426. The first kappa shape index (κ1) is 21.7. The van der Waals surface area contributed by atoms with Gasteiger partial charge in [0.05, 0.1) is 13.2 Å². The molecule has 0 unspecified atom stereocenters. The number of ether oxygens (including phenoxy) is 1. The van der Waals surface area contributed by atoms with Gasteiger partial charge in [-0.05, 0) is 29.2 Å². The van der Waals surface area contributed by atoms with Crippen LogP contribution < -0.4 is 15.4 Å². The monoisotopic (exact) mass is 411 g/mol. The van der Waals surface area contributed by atoms with Crippen LogP contribution in [0.1, 0.15) is 22.7 Å². The third-order valence-electron chi connectivity index (χ3n) is 4.88. The molecule has 5 heteroatoms. The number of hydrogen-bond donors (Lipinski definition) is 2. The summed E-state index contributed by atoms with van der Waals surface area (Å²) in [5.41, 5.74) is 2.98. The molecule has 0 fully saturated rings. The van der Waals surface area contributed by atoms with Crippen LogP contribution in [0.4, 0.5) is 0 Å². The number of nitriles is 1. The van der Waals surface area contributed by atoms with E-state index in [4.69, 9.17) is 4.74 Å². The number of rotatable bonds is 9. The fourth-order valence-electron chi connectivity index (χ4n) is 3.30. The van der Waals surface area contributed by atoms with Crippen molar-refractivity contribution >= 4 is 5.91 Å². The van der Waals surface area contributed by atoms with Gasteiger partial charge in [-0.25, -0.2) is 0 Å². The first-order chi connectivity index (χ1) is 15.2. The first-order valence-electron chi connectivity index (χ1n) is 10.1. The third-order valence-corrected chi connectivity index (χ3v) is 4.88. The van der Waals surface area contributed by atoms with Crippen molar-refractivity contribution < 1.29 is 9.53 Å². The van der Waals surface area contributed by atoms with E-state index in [1.165, 1.54) is 6.20 Å². The van der Waals surface area contributed by atoms with E-state index >= 15 is 0 Å². The zero-order chi connectivity index (χ0) is 21.9. The topological polar surface area (TPSA) is 74.1 Å². The van der Waals surface area contributed by atoms with Gasteiger partial charge < -0.3 is 15.4 Å². The van der Waals surface area contributed by atoms with E-state index < -0.39 is 5.91 Å². The van der Waals surface area contributed by atoms with Crippen LogP contribution in [0.25, 0.3) is 0 Å². The van der Waals surface area contributed by atoms with Crippen molar-refractivity contribution in [2.45, 2.75) is 12.5 Å². The van der Waals surface area contributed by atoms with Crippen LogP contribution >= 0.6 is 0 Å². The Hall–Kier alpha value is -4.04. The molecule has 0 atom stereocenters. The van der Waals surface area contributed by atoms with Gasteiger partial charge in [0.15, 0.2) is 0 Å².